The molecule has 8 nitrogen and oxygen atoms in total. The van der Waals surface area contributed by atoms with Crippen molar-refractivity contribution in [2.75, 3.05) is 5.32 Å². The quantitative estimate of drug-likeness (QED) is 0.765. The van der Waals surface area contributed by atoms with E-state index >= 15 is 0 Å². The molecule has 0 atom stereocenters. The van der Waals surface area contributed by atoms with Crippen molar-refractivity contribution >= 4 is 23.3 Å². The number of nitrogens with one attached hydrogen (secondary N) is 2. The van der Waals surface area contributed by atoms with Crippen molar-refractivity contribution in [2.24, 2.45) is 7.05 Å². The number of aryl methyl sites for hydroxylation is 1. The molecule has 0 aliphatic carbocycles. The zero-order chi connectivity index (χ0) is 16.2. The molecule has 0 radical (unpaired) electrons. The Kier molecular flexibility index (Phi) is 4.24. The van der Waals surface area contributed by atoms with Crippen molar-refractivity contribution in [3.8, 4) is 5.69 Å². The van der Waals surface area contributed by atoms with Gasteiger partial charge in [0.25, 0.3) is 0 Å². The molecule has 3 rings (SSSR count). The Balaban J connectivity index is 1.74. The topological polar surface area (TPSA) is 89.7 Å². The highest BCUT2D eigenvalue weighted by Crippen LogP contribution is 2.27. The summed E-state index contributed by atoms with van der Waals surface area (Å²) in [5, 5.41) is 17.8. The number of para-hydroxylation sites is 1. The van der Waals surface area contributed by atoms with E-state index in [-0.39, 0.29) is 12.6 Å². The molecule has 0 saturated heterocycles. The third-order valence-electron chi connectivity index (χ3n) is 3.18. The third-order valence-corrected chi connectivity index (χ3v) is 3.49. The normalized spacial score (nSPS) is 10.5. The van der Waals surface area contributed by atoms with Crippen molar-refractivity contribution in [2.45, 2.75) is 6.54 Å². The number of aromatic nitrogens is 5. The van der Waals surface area contributed by atoms with Crippen LogP contribution in [-0.2, 0) is 13.6 Å². The van der Waals surface area contributed by atoms with Crippen molar-refractivity contribution in [3.63, 3.8) is 0 Å². The van der Waals surface area contributed by atoms with Crippen LogP contribution in [0.25, 0.3) is 5.69 Å². The predicted molar refractivity (Wildman–Crippen MR) is 85.4 cm³/mol. The summed E-state index contributed by atoms with van der Waals surface area (Å²) in [4.78, 5) is 12.1. The number of rotatable bonds is 4. The van der Waals surface area contributed by atoms with Crippen LogP contribution < -0.4 is 10.6 Å². The van der Waals surface area contributed by atoms with Crippen molar-refractivity contribution in [3.05, 3.63) is 53.8 Å². The molecule has 2 N–H and O–H groups in total. The summed E-state index contributed by atoms with van der Waals surface area (Å²) in [7, 11) is 1.81. The molecule has 0 fully saturated rings. The number of nitrogens with zero attached hydrogens (tertiary/aromatic N) is 5. The molecule has 0 spiro atoms. The molecule has 0 aliphatic rings. The molecule has 2 heterocycles. The van der Waals surface area contributed by atoms with E-state index < -0.39 is 0 Å². The molecule has 1 aromatic carbocycles. The van der Waals surface area contributed by atoms with Crippen molar-refractivity contribution < 1.29 is 4.79 Å². The van der Waals surface area contributed by atoms with Crippen molar-refractivity contribution in [1.29, 1.82) is 0 Å². The smallest absolute Gasteiger partial charge is 0.319 e. The monoisotopic (exact) mass is 331 g/mol. The molecule has 2 amide bonds. The van der Waals surface area contributed by atoms with Gasteiger partial charge < -0.3 is 15.2 Å². The van der Waals surface area contributed by atoms with Crippen LogP contribution in [0.5, 0.6) is 0 Å². The van der Waals surface area contributed by atoms with Crippen LogP contribution in [0.3, 0.4) is 0 Å². The highest BCUT2D eigenvalue weighted by Gasteiger charge is 2.12. The minimum absolute atomic E-state index is 0.264. The molecule has 23 heavy (non-hydrogen) atoms. The number of carbonyl (C=O) groups is 1. The lowest BCUT2D eigenvalue weighted by Gasteiger charge is -2.13. The first-order valence-electron chi connectivity index (χ1n) is 6.81. The summed E-state index contributed by atoms with van der Waals surface area (Å²) in [6.45, 7) is 0.264. The van der Waals surface area contributed by atoms with E-state index in [0.29, 0.717) is 22.2 Å². The van der Waals surface area contributed by atoms with Gasteiger partial charge in [-0.15, -0.1) is 10.2 Å². The summed E-state index contributed by atoms with van der Waals surface area (Å²) < 4.78 is 3.33. The van der Waals surface area contributed by atoms with Gasteiger partial charge in [-0.25, -0.2) is 9.48 Å². The Morgan fingerprint density at radius 2 is 2.22 bits per heavy atom. The van der Waals surface area contributed by atoms with Gasteiger partial charge in [0.05, 0.1) is 17.3 Å². The molecule has 0 aliphatic heterocycles. The summed E-state index contributed by atoms with van der Waals surface area (Å²) in [6, 6.07) is 6.66. The number of hydrogen-bond donors (Lipinski definition) is 2. The standard InChI is InChI=1S/C14H14ClN7O/c1-21-9-17-20-12(21)8-16-14(23)19-11-5-2-4-10(15)13(11)22-7-3-6-18-22/h2-7,9H,8H2,1H3,(H2,16,19,23). The fourth-order valence-corrected chi connectivity index (χ4v) is 2.30. The summed E-state index contributed by atoms with van der Waals surface area (Å²) >= 11 is 6.23. The van der Waals surface area contributed by atoms with E-state index in [1.54, 1.807) is 52.2 Å². The number of carbonyl (C=O) groups excluding carboxylic acids is 1. The van der Waals surface area contributed by atoms with Crippen LogP contribution >= 0.6 is 11.6 Å². The third kappa shape index (κ3) is 3.32. The molecule has 0 saturated carbocycles. The Morgan fingerprint density at radius 1 is 1.35 bits per heavy atom. The Labute approximate surface area is 137 Å². The maximum absolute atomic E-state index is 12.1. The maximum atomic E-state index is 12.1. The van der Waals surface area contributed by atoms with E-state index in [9.17, 15) is 4.79 Å². The lowest BCUT2D eigenvalue weighted by atomic mass is 10.2. The van der Waals surface area contributed by atoms with E-state index in [2.05, 4.69) is 25.9 Å². The van der Waals surface area contributed by atoms with Gasteiger partial charge in [0.15, 0.2) is 5.82 Å². The number of benzene rings is 1. The lowest BCUT2D eigenvalue weighted by molar-refractivity contribution is 0.251. The molecule has 9 heteroatoms. The Bertz CT molecular complexity index is 812. The van der Waals surface area contributed by atoms with Gasteiger partial charge in [-0.1, -0.05) is 17.7 Å². The molecule has 0 bridgehead atoms. The Morgan fingerprint density at radius 3 is 2.91 bits per heavy atom. The van der Waals surface area contributed by atoms with Gasteiger partial charge in [0.1, 0.15) is 12.0 Å². The van der Waals surface area contributed by atoms with Crippen LogP contribution in [0.15, 0.2) is 43.0 Å². The van der Waals surface area contributed by atoms with E-state index in [1.807, 2.05) is 7.05 Å². The molecule has 3 aromatic rings. The fourth-order valence-electron chi connectivity index (χ4n) is 2.04. The second-order valence-electron chi connectivity index (χ2n) is 4.75. The van der Waals surface area contributed by atoms with Gasteiger partial charge in [-0.05, 0) is 18.2 Å². The van der Waals surface area contributed by atoms with Crippen LogP contribution in [0, 0.1) is 0 Å². The molecule has 2 aromatic heterocycles. The van der Waals surface area contributed by atoms with Crippen LogP contribution in [0.4, 0.5) is 10.5 Å². The maximum Gasteiger partial charge on any atom is 0.319 e. The first-order valence-corrected chi connectivity index (χ1v) is 7.19. The van der Waals surface area contributed by atoms with Crippen LogP contribution in [-0.4, -0.2) is 30.6 Å². The van der Waals surface area contributed by atoms with E-state index in [0.717, 1.165) is 0 Å². The molecular formula is C14H14ClN7O. The number of anilines is 1. The van der Waals surface area contributed by atoms with Gasteiger partial charge >= 0.3 is 6.03 Å². The number of hydrogen-bond acceptors (Lipinski definition) is 4. The average molecular weight is 332 g/mol. The highest BCUT2D eigenvalue weighted by molar-refractivity contribution is 6.33. The number of halogens is 1. The second kappa shape index (κ2) is 6.49. The van der Waals surface area contributed by atoms with E-state index in [1.165, 1.54) is 0 Å². The minimum Gasteiger partial charge on any atom is -0.331 e. The summed E-state index contributed by atoms with van der Waals surface area (Å²) in [5.74, 6) is 0.651. The van der Waals surface area contributed by atoms with Gasteiger partial charge in [0, 0.05) is 19.4 Å². The SMILES string of the molecule is Cn1cnnc1CNC(=O)Nc1cccc(Cl)c1-n1cccn1. The second-order valence-corrected chi connectivity index (χ2v) is 5.16. The van der Waals surface area contributed by atoms with E-state index in [4.69, 9.17) is 11.6 Å². The summed E-state index contributed by atoms with van der Waals surface area (Å²) in [6.07, 6.45) is 4.97. The van der Waals surface area contributed by atoms with Gasteiger partial charge in [-0.3, -0.25) is 0 Å². The first kappa shape index (κ1) is 15.0. The number of amides is 2. The molecule has 0 unspecified atom stereocenters. The zero-order valence-corrected chi connectivity index (χ0v) is 13.0. The highest BCUT2D eigenvalue weighted by atomic mass is 35.5. The predicted octanol–water partition coefficient (Wildman–Crippen LogP) is 1.98. The fraction of sp³-hybridized carbons (Fsp3) is 0.143. The first-order chi connectivity index (χ1) is 11.1. The molecular weight excluding hydrogens is 318 g/mol. The number of urea groups is 1. The van der Waals surface area contributed by atoms with Gasteiger partial charge in [-0.2, -0.15) is 5.10 Å². The van der Waals surface area contributed by atoms with Crippen molar-refractivity contribution in [1.82, 2.24) is 29.9 Å². The van der Waals surface area contributed by atoms with Crippen LogP contribution in [0.2, 0.25) is 5.02 Å². The summed E-state index contributed by atoms with van der Waals surface area (Å²) in [5.41, 5.74) is 1.16. The van der Waals surface area contributed by atoms with Crippen LogP contribution in [0.1, 0.15) is 5.82 Å². The lowest BCUT2D eigenvalue weighted by Crippen LogP contribution is -2.29. The average Bonchev–Trinajstić information content (AvgIpc) is 3.17. The molecule has 118 valence electrons. The largest absolute Gasteiger partial charge is 0.331 e. The zero-order valence-electron chi connectivity index (χ0n) is 12.3. The minimum atomic E-state index is -0.372. The Hall–Kier alpha value is -2.87. The van der Waals surface area contributed by atoms with Gasteiger partial charge in [0.2, 0.25) is 0 Å².